The fourth-order valence-corrected chi connectivity index (χ4v) is 4.01. The molecular formula is C23H21N5O3S. The number of aromatic nitrogens is 3. The van der Waals surface area contributed by atoms with Crippen LogP contribution in [0.4, 0.5) is 5.69 Å². The van der Waals surface area contributed by atoms with Crippen molar-refractivity contribution < 1.29 is 13.2 Å². The summed E-state index contributed by atoms with van der Waals surface area (Å²) >= 11 is 0. The molecule has 0 saturated heterocycles. The van der Waals surface area contributed by atoms with E-state index in [4.69, 9.17) is 0 Å². The van der Waals surface area contributed by atoms with Crippen LogP contribution in [0.1, 0.15) is 10.6 Å². The van der Waals surface area contributed by atoms with Gasteiger partial charge in [-0.15, -0.1) is 5.10 Å². The molecular weight excluding hydrogens is 426 g/mol. The lowest BCUT2D eigenvalue weighted by atomic mass is 10.2. The lowest BCUT2D eigenvalue weighted by Crippen LogP contribution is -2.22. The third kappa shape index (κ3) is 4.29. The van der Waals surface area contributed by atoms with Crippen molar-refractivity contribution in [3.8, 4) is 17.1 Å². The second-order valence-corrected chi connectivity index (χ2v) is 9.29. The number of benzene rings is 3. The molecule has 0 saturated carbocycles. The van der Waals surface area contributed by atoms with Crippen molar-refractivity contribution in [2.75, 3.05) is 19.4 Å². The van der Waals surface area contributed by atoms with Crippen LogP contribution in [-0.4, -0.2) is 47.5 Å². The van der Waals surface area contributed by atoms with Crippen molar-refractivity contribution in [1.82, 2.24) is 19.1 Å². The SMILES string of the molecule is CN(C)S(=O)(=O)c1cccc(NC(=O)c2nc(-c3ccccc3)n(-c3ccccc3)n2)c1. The molecule has 32 heavy (non-hydrogen) atoms. The van der Waals surface area contributed by atoms with E-state index in [1.54, 1.807) is 16.8 Å². The van der Waals surface area contributed by atoms with Gasteiger partial charge in [0.15, 0.2) is 5.82 Å². The van der Waals surface area contributed by atoms with Crippen molar-refractivity contribution in [2.45, 2.75) is 4.90 Å². The molecule has 0 fully saturated rings. The average molecular weight is 448 g/mol. The lowest BCUT2D eigenvalue weighted by molar-refractivity contribution is 0.101. The number of rotatable bonds is 6. The smallest absolute Gasteiger partial charge is 0.295 e. The second-order valence-electron chi connectivity index (χ2n) is 7.14. The number of sulfonamides is 1. The number of nitrogens with one attached hydrogen (secondary N) is 1. The summed E-state index contributed by atoms with van der Waals surface area (Å²) in [4.78, 5) is 17.5. The Kier molecular flexibility index (Phi) is 5.85. The minimum absolute atomic E-state index is 0.0337. The maximum absolute atomic E-state index is 12.9. The van der Waals surface area contributed by atoms with Crippen LogP contribution in [0.5, 0.6) is 0 Å². The molecule has 4 aromatic rings. The molecule has 1 aromatic heterocycles. The van der Waals surface area contributed by atoms with E-state index < -0.39 is 15.9 Å². The first kappa shape index (κ1) is 21.4. The minimum Gasteiger partial charge on any atom is -0.319 e. The van der Waals surface area contributed by atoms with Crippen LogP contribution in [0.2, 0.25) is 0 Å². The molecule has 1 amide bonds. The molecule has 0 spiro atoms. The Labute approximate surface area is 186 Å². The summed E-state index contributed by atoms with van der Waals surface area (Å²) in [5.41, 5.74) is 1.90. The Hall–Kier alpha value is -3.82. The van der Waals surface area contributed by atoms with Gasteiger partial charge in [0.05, 0.1) is 10.6 Å². The summed E-state index contributed by atoms with van der Waals surface area (Å²) in [5, 5.41) is 7.11. The second kappa shape index (κ2) is 8.74. The van der Waals surface area contributed by atoms with Crippen LogP contribution >= 0.6 is 0 Å². The van der Waals surface area contributed by atoms with Gasteiger partial charge in [0.25, 0.3) is 5.91 Å². The Balaban J connectivity index is 1.69. The van der Waals surface area contributed by atoms with E-state index in [1.165, 1.54) is 26.2 Å². The summed E-state index contributed by atoms with van der Waals surface area (Å²) in [6.45, 7) is 0. The van der Waals surface area contributed by atoms with Gasteiger partial charge in [-0.3, -0.25) is 4.79 Å². The first-order valence-corrected chi connectivity index (χ1v) is 11.2. The van der Waals surface area contributed by atoms with Gasteiger partial charge in [-0.2, -0.15) is 0 Å². The van der Waals surface area contributed by atoms with E-state index in [2.05, 4.69) is 15.4 Å². The van der Waals surface area contributed by atoms with Crippen LogP contribution < -0.4 is 5.32 Å². The van der Waals surface area contributed by atoms with Gasteiger partial charge in [-0.1, -0.05) is 54.6 Å². The molecule has 0 unspecified atom stereocenters. The van der Waals surface area contributed by atoms with Crippen LogP contribution in [0.3, 0.4) is 0 Å². The van der Waals surface area contributed by atoms with Crippen molar-refractivity contribution in [2.24, 2.45) is 0 Å². The standard InChI is InChI=1S/C23H21N5O3S/c1-27(2)32(30,31)20-15-9-12-18(16-20)24-23(29)21-25-22(17-10-5-3-6-11-17)28(26-21)19-13-7-4-8-14-19/h3-16H,1-2H3,(H,24,29). The highest BCUT2D eigenvalue weighted by molar-refractivity contribution is 7.89. The number of hydrogen-bond acceptors (Lipinski definition) is 5. The fraction of sp³-hybridized carbons (Fsp3) is 0.0870. The van der Waals surface area contributed by atoms with Crippen LogP contribution in [0, 0.1) is 0 Å². The number of nitrogens with zero attached hydrogens (tertiary/aromatic N) is 4. The van der Waals surface area contributed by atoms with Gasteiger partial charge in [-0.25, -0.2) is 22.4 Å². The highest BCUT2D eigenvalue weighted by Crippen LogP contribution is 2.22. The average Bonchev–Trinajstić information content (AvgIpc) is 3.26. The van der Waals surface area contributed by atoms with Gasteiger partial charge in [0, 0.05) is 25.3 Å². The molecule has 8 nitrogen and oxygen atoms in total. The number of para-hydroxylation sites is 1. The summed E-state index contributed by atoms with van der Waals surface area (Å²) in [6.07, 6.45) is 0. The highest BCUT2D eigenvalue weighted by Gasteiger charge is 2.21. The van der Waals surface area contributed by atoms with Crippen LogP contribution in [0.25, 0.3) is 17.1 Å². The number of anilines is 1. The maximum atomic E-state index is 12.9. The third-order valence-corrected chi connectivity index (χ3v) is 6.52. The van der Waals surface area contributed by atoms with E-state index in [1.807, 2.05) is 60.7 Å². The predicted octanol–water partition coefficient (Wildman–Crippen LogP) is 3.44. The third-order valence-electron chi connectivity index (χ3n) is 4.71. The monoisotopic (exact) mass is 447 g/mol. The largest absolute Gasteiger partial charge is 0.319 e. The zero-order valence-corrected chi connectivity index (χ0v) is 18.3. The Morgan fingerprint density at radius 1 is 0.906 bits per heavy atom. The first-order chi connectivity index (χ1) is 15.4. The van der Waals surface area contributed by atoms with E-state index in [0.29, 0.717) is 11.5 Å². The van der Waals surface area contributed by atoms with E-state index in [9.17, 15) is 13.2 Å². The predicted molar refractivity (Wildman–Crippen MR) is 122 cm³/mol. The molecule has 0 radical (unpaired) electrons. The van der Waals surface area contributed by atoms with Gasteiger partial charge in [0.1, 0.15) is 0 Å². The zero-order valence-electron chi connectivity index (χ0n) is 17.5. The van der Waals surface area contributed by atoms with Gasteiger partial charge >= 0.3 is 0 Å². The molecule has 3 aromatic carbocycles. The molecule has 9 heteroatoms. The van der Waals surface area contributed by atoms with Crippen LogP contribution in [0.15, 0.2) is 89.8 Å². The quantitative estimate of drug-likeness (QED) is 0.488. The molecule has 1 N–H and O–H groups in total. The van der Waals surface area contributed by atoms with Crippen molar-refractivity contribution in [1.29, 1.82) is 0 Å². The molecule has 0 aliphatic carbocycles. The molecule has 4 rings (SSSR count). The maximum Gasteiger partial charge on any atom is 0.295 e. The number of carbonyl (C=O) groups excluding carboxylic acids is 1. The van der Waals surface area contributed by atoms with Crippen molar-refractivity contribution in [3.63, 3.8) is 0 Å². The molecule has 0 atom stereocenters. The minimum atomic E-state index is -3.63. The van der Waals surface area contributed by atoms with Crippen molar-refractivity contribution in [3.05, 3.63) is 90.8 Å². The lowest BCUT2D eigenvalue weighted by Gasteiger charge is -2.12. The Bertz CT molecular complexity index is 1290. The van der Waals surface area contributed by atoms with Gasteiger partial charge < -0.3 is 5.32 Å². The van der Waals surface area contributed by atoms with Gasteiger partial charge in [-0.05, 0) is 30.3 Å². The van der Waals surface area contributed by atoms with E-state index in [0.717, 1.165) is 15.6 Å². The van der Waals surface area contributed by atoms with Gasteiger partial charge in [0.2, 0.25) is 15.8 Å². The van der Waals surface area contributed by atoms with E-state index in [-0.39, 0.29) is 10.7 Å². The van der Waals surface area contributed by atoms with Crippen LogP contribution in [-0.2, 0) is 10.0 Å². The zero-order chi connectivity index (χ0) is 22.7. The molecule has 0 aliphatic heterocycles. The normalized spacial score (nSPS) is 11.5. The van der Waals surface area contributed by atoms with Crippen molar-refractivity contribution >= 4 is 21.6 Å². The molecule has 0 bridgehead atoms. The number of hydrogen-bond donors (Lipinski definition) is 1. The molecule has 0 aliphatic rings. The summed E-state index contributed by atoms with van der Waals surface area (Å²) in [7, 11) is -0.727. The molecule has 1 heterocycles. The Morgan fingerprint density at radius 2 is 1.56 bits per heavy atom. The first-order valence-electron chi connectivity index (χ1n) is 9.78. The number of carbonyl (C=O) groups is 1. The Morgan fingerprint density at radius 3 is 2.22 bits per heavy atom. The molecule has 162 valence electrons. The summed E-state index contributed by atoms with van der Waals surface area (Å²) < 4.78 is 27.5. The number of amides is 1. The fourth-order valence-electron chi connectivity index (χ4n) is 3.06. The highest BCUT2D eigenvalue weighted by atomic mass is 32.2. The van der Waals surface area contributed by atoms with E-state index >= 15 is 0 Å². The summed E-state index contributed by atoms with van der Waals surface area (Å²) in [5.74, 6) is -0.0595. The topological polar surface area (TPSA) is 97.2 Å². The summed E-state index contributed by atoms with van der Waals surface area (Å²) in [6, 6.07) is 24.9.